The molecule has 1 aromatic heterocycles. The summed E-state index contributed by atoms with van der Waals surface area (Å²) in [6.45, 7) is 3.88. The standard InChI is InChI=1S/C9H12BrNO2S/c1-9(2,8(12)13)11-5-6-3-4-7(10)14-6/h3-4,11H,5H2,1-2H3,(H,12,13). The molecule has 0 aliphatic carbocycles. The lowest BCUT2D eigenvalue weighted by Crippen LogP contribution is -2.45. The maximum absolute atomic E-state index is 10.8. The van der Waals surface area contributed by atoms with Gasteiger partial charge in [0.2, 0.25) is 0 Å². The van der Waals surface area contributed by atoms with Crippen LogP contribution in [0.5, 0.6) is 0 Å². The maximum atomic E-state index is 10.8. The molecular formula is C9H12BrNO2S. The minimum Gasteiger partial charge on any atom is -0.480 e. The highest BCUT2D eigenvalue weighted by Crippen LogP contribution is 2.22. The van der Waals surface area contributed by atoms with Crippen LogP contribution in [0.15, 0.2) is 15.9 Å². The summed E-state index contributed by atoms with van der Waals surface area (Å²) >= 11 is 4.96. The van der Waals surface area contributed by atoms with Gasteiger partial charge in [-0.25, -0.2) is 0 Å². The van der Waals surface area contributed by atoms with Gasteiger partial charge in [-0.05, 0) is 41.9 Å². The van der Waals surface area contributed by atoms with E-state index < -0.39 is 11.5 Å². The second-order valence-corrected chi connectivity index (χ2v) is 6.04. The topological polar surface area (TPSA) is 49.3 Å². The van der Waals surface area contributed by atoms with Crippen LogP contribution in [0.2, 0.25) is 0 Å². The highest BCUT2D eigenvalue weighted by molar-refractivity contribution is 9.11. The van der Waals surface area contributed by atoms with Crippen molar-refractivity contribution in [3.63, 3.8) is 0 Å². The summed E-state index contributed by atoms with van der Waals surface area (Å²) in [7, 11) is 0. The van der Waals surface area contributed by atoms with Crippen LogP contribution in [0.3, 0.4) is 0 Å². The van der Waals surface area contributed by atoms with Gasteiger partial charge < -0.3 is 5.11 Å². The number of thiophene rings is 1. The molecule has 1 rings (SSSR count). The first kappa shape index (κ1) is 11.7. The third kappa shape index (κ3) is 3.08. The Morgan fingerprint density at radius 2 is 2.29 bits per heavy atom. The molecule has 0 fully saturated rings. The Morgan fingerprint density at radius 1 is 1.64 bits per heavy atom. The lowest BCUT2D eigenvalue weighted by atomic mass is 10.1. The molecule has 14 heavy (non-hydrogen) atoms. The summed E-state index contributed by atoms with van der Waals surface area (Å²) in [5.74, 6) is -0.840. The molecule has 0 aliphatic heterocycles. The molecule has 5 heteroatoms. The summed E-state index contributed by atoms with van der Waals surface area (Å²) in [4.78, 5) is 11.9. The number of carbonyl (C=O) groups is 1. The average Bonchev–Trinajstić information content (AvgIpc) is 2.48. The molecule has 3 nitrogen and oxygen atoms in total. The van der Waals surface area contributed by atoms with Crippen LogP contribution in [0.4, 0.5) is 0 Å². The van der Waals surface area contributed by atoms with E-state index in [4.69, 9.17) is 5.11 Å². The molecule has 0 spiro atoms. The minimum absolute atomic E-state index is 0.579. The number of aliphatic carboxylic acids is 1. The van der Waals surface area contributed by atoms with Gasteiger partial charge in [0.1, 0.15) is 5.54 Å². The SMILES string of the molecule is CC(C)(NCc1ccc(Br)s1)C(=O)O. The van der Waals surface area contributed by atoms with Crippen molar-refractivity contribution < 1.29 is 9.90 Å². The van der Waals surface area contributed by atoms with E-state index in [2.05, 4.69) is 21.2 Å². The zero-order chi connectivity index (χ0) is 10.8. The van der Waals surface area contributed by atoms with Crippen LogP contribution in [-0.2, 0) is 11.3 Å². The van der Waals surface area contributed by atoms with Crippen molar-refractivity contribution in [3.8, 4) is 0 Å². The first-order valence-electron chi connectivity index (χ1n) is 4.14. The molecule has 1 aromatic rings. The molecule has 0 saturated carbocycles. The van der Waals surface area contributed by atoms with Crippen molar-refractivity contribution in [1.82, 2.24) is 5.32 Å². The van der Waals surface area contributed by atoms with Crippen LogP contribution in [0, 0.1) is 0 Å². The van der Waals surface area contributed by atoms with Gasteiger partial charge in [-0.3, -0.25) is 10.1 Å². The highest BCUT2D eigenvalue weighted by atomic mass is 79.9. The minimum atomic E-state index is -0.879. The normalized spacial score (nSPS) is 11.6. The Balaban J connectivity index is 2.52. The Labute approximate surface area is 95.3 Å². The zero-order valence-electron chi connectivity index (χ0n) is 8.00. The summed E-state index contributed by atoms with van der Waals surface area (Å²) in [5.41, 5.74) is -0.879. The third-order valence-corrected chi connectivity index (χ3v) is 3.49. The first-order valence-corrected chi connectivity index (χ1v) is 5.75. The molecule has 0 amide bonds. The molecule has 0 bridgehead atoms. The molecule has 0 saturated heterocycles. The van der Waals surface area contributed by atoms with Crippen LogP contribution >= 0.6 is 27.3 Å². The molecule has 0 atom stereocenters. The van der Waals surface area contributed by atoms with E-state index in [1.54, 1.807) is 25.2 Å². The van der Waals surface area contributed by atoms with Crippen LogP contribution in [-0.4, -0.2) is 16.6 Å². The van der Waals surface area contributed by atoms with Crippen LogP contribution in [0.1, 0.15) is 18.7 Å². The maximum Gasteiger partial charge on any atom is 0.323 e. The second kappa shape index (κ2) is 4.42. The Morgan fingerprint density at radius 3 is 2.71 bits per heavy atom. The fourth-order valence-electron chi connectivity index (χ4n) is 0.830. The summed E-state index contributed by atoms with van der Waals surface area (Å²) < 4.78 is 1.06. The van der Waals surface area contributed by atoms with Crippen molar-refractivity contribution in [3.05, 3.63) is 20.8 Å². The third-order valence-electron chi connectivity index (χ3n) is 1.87. The van der Waals surface area contributed by atoms with Crippen LogP contribution in [0.25, 0.3) is 0 Å². The predicted octanol–water partition coefficient (Wildman–Crippen LogP) is 2.46. The number of carboxylic acid groups (broad SMARTS) is 1. The molecule has 2 N–H and O–H groups in total. The quantitative estimate of drug-likeness (QED) is 0.889. The predicted molar refractivity (Wildman–Crippen MR) is 60.6 cm³/mol. The van der Waals surface area contributed by atoms with Crippen molar-refractivity contribution in [2.24, 2.45) is 0 Å². The van der Waals surface area contributed by atoms with Gasteiger partial charge >= 0.3 is 5.97 Å². The molecule has 0 aromatic carbocycles. The lowest BCUT2D eigenvalue weighted by molar-refractivity contribution is -0.143. The average molecular weight is 278 g/mol. The molecule has 0 unspecified atom stereocenters. The molecule has 1 heterocycles. The van der Waals surface area contributed by atoms with E-state index in [9.17, 15) is 4.79 Å². The summed E-state index contributed by atoms with van der Waals surface area (Å²) in [6, 6.07) is 3.93. The van der Waals surface area contributed by atoms with Gasteiger partial charge in [0, 0.05) is 11.4 Å². The lowest BCUT2D eigenvalue weighted by Gasteiger charge is -2.20. The fourth-order valence-corrected chi connectivity index (χ4v) is 2.25. The van der Waals surface area contributed by atoms with E-state index >= 15 is 0 Å². The van der Waals surface area contributed by atoms with E-state index in [1.807, 2.05) is 12.1 Å². The number of hydrogen-bond donors (Lipinski definition) is 2. The second-order valence-electron chi connectivity index (χ2n) is 3.49. The van der Waals surface area contributed by atoms with E-state index in [0.717, 1.165) is 8.66 Å². The molecule has 0 radical (unpaired) electrons. The Bertz CT molecular complexity index is 335. The van der Waals surface area contributed by atoms with E-state index in [1.165, 1.54) is 0 Å². The monoisotopic (exact) mass is 277 g/mol. The number of carboxylic acids is 1. The Hall–Kier alpha value is -0.390. The summed E-state index contributed by atoms with van der Waals surface area (Å²) in [5, 5.41) is 11.8. The van der Waals surface area contributed by atoms with Crippen molar-refractivity contribution in [1.29, 1.82) is 0 Å². The largest absolute Gasteiger partial charge is 0.480 e. The van der Waals surface area contributed by atoms with Gasteiger partial charge in [-0.1, -0.05) is 0 Å². The van der Waals surface area contributed by atoms with E-state index in [-0.39, 0.29) is 0 Å². The van der Waals surface area contributed by atoms with Crippen molar-refractivity contribution in [2.75, 3.05) is 0 Å². The molecular weight excluding hydrogens is 266 g/mol. The number of rotatable bonds is 4. The van der Waals surface area contributed by atoms with Gasteiger partial charge in [0.25, 0.3) is 0 Å². The Kier molecular flexibility index (Phi) is 3.69. The number of hydrogen-bond acceptors (Lipinski definition) is 3. The highest BCUT2D eigenvalue weighted by Gasteiger charge is 2.25. The van der Waals surface area contributed by atoms with Crippen molar-refractivity contribution >= 4 is 33.2 Å². The van der Waals surface area contributed by atoms with Gasteiger partial charge in [0.15, 0.2) is 0 Å². The molecule has 0 aliphatic rings. The van der Waals surface area contributed by atoms with Crippen LogP contribution < -0.4 is 5.32 Å². The van der Waals surface area contributed by atoms with Gasteiger partial charge in [-0.15, -0.1) is 11.3 Å². The van der Waals surface area contributed by atoms with E-state index in [0.29, 0.717) is 6.54 Å². The van der Waals surface area contributed by atoms with Gasteiger partial charge in [0.05, 0.1) is 3.79 Å². The van der Waals surface area contributed by atoms with Gasteiger partial charge in [-0.2, -0.15) is 0 Å². The smallest absolute Gasteiger partial charge is 0.323 e. The van der Waals surface area contributed by atoms with Crippen molar-refractivity contribution in [2.45, 2.75) is 25.9 Å². The number of halogens is 1. The number of nitrogens with one attached hydrogen (secondary N) is 1. The summed E-state index contributed by atoms with van der Waals surface area (Å²) in [6.07, 6.45) is 0. The fraction of sp³-hybridized carbons (Fsp3) is 0.444. The first-order chi connectivity index (χ1) is 6.42. The molecule has 78 valence electrons. The zero-order valence-corrected chi connectivity index (χ0v) is 10.4.